The van der Waals surface area contributed by atoms with Crippen LogP contribution >= 0.6 is 0 Å². The van der Waals surface area contributed by atoms with Crippen LogP contribution in [0.25, 0.3) is 5.41 Å². The first kappa shape index (κ1) is 15.2. The molecule has 0 aromatic heterocycles. The van der Waals surface area contributed by atoms with Crippen LogP contribution < -0.4 is 12.4 Å². The maximum Gasteiger partial charge on any atom is 2.00 e. The Morgan fingerprint density at radius 2 is 1.85 bits per heavy atom. The molecular formula is C10H10ClMgN. The van der Waals surface area contributed by atoms with E-state index in [0.717, 1.165) is 5.56 Å². The molecule has 0 aliphatic rings. The van der Waals surface area contributed by atoms with E-state index in [4.69, 9.17) is 0 Å². The fourth-order valence-corrected chi connectivity index (χ4v) is 0.885. The van der Waals surface area contributed by atoms with Gasteiger partial charge < -0.3 is 17.8 Å². The van der Waals surface area contributed by atoms with Crippen LogP contribution in [0.2, 0.25) is 0 Å². The number of nitrogens with zero attached hydrogens (tertiary/aromatic N) is 1. The molecule has 0 radical (unpaired) electrons. The molecule has 1 aromatic rings. The van der Waals surface area contributed by atoms with Crippen molar-refractivity contribution in [3.63, 3.8) is 0 Å². The Balaban J connectivity index is 0. The molecule has 0 bridgehead atoms. The summed E-state index contributed by atoms with van der Waals surface area (Å²) in [5.74, 6) is 0. The smallest absolute Gasteiger partial charge is 1.00 e. The average molecular weight is 204 g/mol. The van der Waals surface area contributed by atoms with Gasteiger partial charge >= 0.3 is 23.1 Å². The summed E-state index contributed by atoms with van der Waals surface area (Å²) in [5.41, 5.74) is 1.24. The molecule has 3 heteroatoms. The van der Waals surface area contributed by atoms with Gasteiger partial charge in [-0.25, -0.2) is 0 Å². The van der Waals surface area contributed by atoms with Gasteiger partial charge in [-0.1, -0.05) is 36.4 Å². The zero-order valence-corrected chi connectivity index (χ0v) is 9.58. The van der Waals surface area contributed by atoms with Crippen LogP contribution in [-0.4, -0.2) is 28.8 Å². The molecule has 0 amide bonds. The molecule has 0 aliphatic carbocycles. The third kappa shape index (κ3) is 5.08. The molecule has 0 saturated carbocycles. The van der Waals surface area contributed by atoms with Gasteiger partial charge in [0.1, 0.15) is 0 Å². The molecule has 13 heavy (non-hydrogen) atoms. The van der Waals surface area contributed by atoms with Crippen LogP contribution in [0.5, 0.6) is 0 Å². The van der Waals surface area contributed by atoms with Crippen molar-refractivity contribution >= 4 is 28.8 Å². The normalized spacial score (nSPS) is 7.69. The van der Waals surface area contributed by atoms with E-state index in [1.807, 2.05) is 30.3 Å². The Morgan fingerprint density at radius 1 is 1.31 bits per heavy atom. The SMILES string of the molecule is C=CCC(=[N-])c1ccccc1.[Cl-].[Mg+2]. The Hall–Kier alpha value is -0.314. The molecule has 0 fully saturated rings. The molecule has 0 saturated heterocycles. The van der Waals surface area contributed by atoms with Gasteiger partial charge in [-0.3, -0.25) is 0 Å². The van der Waals surface area contributed by atoms with Gasteiger partial charge in [0.15, 0.2) is 0 Å². The van der Waals surface area contributed by atoms with Crippen molar-refractivity contribution in [2.24, 2.45) is 0 Å². The van der Waals surface area contributed by atoms with E-state index < -0.39 is 0 Å². The van der Waals surface area contributed by atoms with Gasteiger partial charge in [0.2, 0.25) is 0 Å². The molecule has 0 aliphatic heterocycles. The monoisotopic (exact) mass is 203 g/mol. The Bertz CT molecular complexity index is 259. The first-order valence-corrected chi connectivity index (χ1v) is 3.55. The van der Waals surface area contributed by atoms with Crippen LogP contribution in [0, 0.1) is 0 Å². The summed E-state index contributed by atoms with van der Waals surface area (Å²) < 4.78 is 0. The quantitative estimate of drug-likeness (QED) is 0.351. The van der Waals surface area contributed by atoms with Crippen molar-refractivity contribution in [3.8, 4) is 0 Å². The van der Waals surface area contributed by atoms with Crippen molar-refractivity contribution < 1.29 is 12.4 Å². The topological polar surface area (TPSA) is 22.3 Å². The maximum absolute atomic E-state index is 9.37. The summed E-state index contributed by atoms with van der Waals surface area (Å²) in [6, 6.07) is 9.46. The Labute approximate surface area is 101 Å². The van der Waals surface area contributed by atoms with E-state index in [1.54, 1.807) is 6.08 Å². The van der Waals surface area contributed by atoms with Crippen LogP contribution in [0.1, 0.15) is 12.0 Å². The summed E-state index contributed by atoms with van der Waals surface area (Å²) in [7, 11) is 0. The van der Waals surface area contributed by atoms with Gasteiger partial charge in [-0.15, -0.1) is 6.58 Å². The second-order valence-corrected chi connectivity index (χ2v) is 2.31. The number of hydrogen-bond donors (Lipinski definition) is 0. The van der Waals surface area contributed by atoms with Crippen molar-refractivity contribution in [3.05, 3.63) is 54.0 Å². The van der Waals surface area contributed by atoms with Crippen LogP contribution in [0.3, 0.4) is 0 Å². The molecule has 0 N–H and O–H groups in total. The molecule has 1 aromatic carbocycles. The number of rotatable bonds is 3. The van der Waals surface area contributed by atoms with Gasteiger partial charge in [0.05, 0.1) is 0 Å². The van der Waals surface area contributed by atoms with Crippen LogP contribution in [0.4, 0.5) is 0 Å². The van der Waals surface area contributed by atoms with E-state index in [2.05, 4.69) is 6.58 Å². The second-order valence-electron chi connectivity index (χ2n) is 2.31. The summed E-state index contributed by atoms with van der Waals surface area (Å²) >= 11 is 0. The minimum Gasteiger partial charge on any atom is -1.00 e. The summed E-state index contributed by atoms with van der Waals surface area (Å²) in [5, 5.41) is 9.37. The third-order valence-electron chi connectivity index (χ3n) is 1.44. The predicted molar refractivity (Wildman–Crippen MR) is 54.5 cm³/mol. The summed E-state index contributed by atoms with van der Waals surface area (Å²) in [4.78, 5) is 0. The van der Waals surface area contributed by atoms with Gasteiger partial charge in [-0.2, -0.15) is 5.71 Å². The molecule has 0 heterocycles. The maximum atomic E-state index is 9.37. The molecular weight excluding hydrogens is 194 g/mol. The Morgan fingerprint density at radius 3 is 2.31 bits per heavy atom. The first-order valence-electron chi connectivity index (χ1n) is 3.55. The Kier molecular flexibility index (Phi) is 9.68. The zero-order valence-electron chi connectivity index (χ0n) is 7.41. The van der Waals surface area contributed by atoms with Gasteiger partial charge in [0, 0.05) is 0 Å². The predicted octanol–water partition coefficient (Wildman–Crippen LogP) is -0.756. The molecule has 1 rings (SSSR count). The van der Waals surface area contributed by atoms with Gasteiger partial charge in [-0.05, 0) is 12.0 Å². The van der Waals surface area contributed by atoms with E-state index in [0.29, 0.717) is 12.1 Å². The summed E-state index contributed by atoms with van der Waals surface area (Å²) in [6.45, 7) is 3.55. The fourth-order valence-electron chi connectivity index (χ4n) is 0.885. The third-order valence-corrected chi connectivity index (χ3v) is 1.44. The molecule has 0 atom stereocenters. The number of halogens is 1. The van der Waals surface area contributed by atoms with Crippen molar-refractivity contribution in [2.45, 2.75) is 6.42 Å². The van der Waals surface area contributed by atoms with Crippen molar-refractivity contribution in [2.75, 3.05) is 0 Å². The molecule has 0 spiro atoms. The second kappa shape index (κ2) is 8.29. The minimum absolute atomic E-state index is 0. The van der Waals surface area contributed by atoms with Crippen molar-refractivity contribution in [1.29, 1.82) is 0 Å². The van der Waals surface area contributed by atoms with E-state index >= 15 is 0 Å². The first-order chi connectivity index (χ1) is 5.34. The molecule has 0 unspecified atom stereocenters. The minimum atomic E-state index is 0. The zero-order chi connectivity index (χ0) is 8.10. The number of hydrogen-bond acceptors (Lipinski definition) is 0. The number of benzene rings is 1. The van der Waals surface area contributed by atoms with E-state index in [-0.39, 0.29) is 35.5 Å². The molecule has 1 nitrogen and oxygen atoms in total. The van der Waals surface area contributed by atoms with Gasteiger partial charge in [0.25, 0.3) is 0 Å². The van der Waals surface area contributed by atoms with Crippen LogP contribution in [0.15, 0.2) is 43.0 Å². The summed E-state index contributed by atoms with van der Waals surface area (Å²) in [6.07, 6.45) is 2.21. The standard InChI is InChI=1S/C10H10N.ClH.Mg/c1-2-6-10(11)9-7-4-3-5-8-9;;/h2-5,7-8H,1,6H2;1H;/q-1;;+2/p-1. The van der Waals surface area contributed by atoms with E-state index in [9.17, 15) is 5.41 Å². The largest absolute Gasteiger partial charge is 2.00 e. The van der Waals surface area contributed by atoms with Crippen LogP contribution in [-0.2, 0) is 0 Å². The number of allylic oxidation sites excluding steroid dienone is 1. The molecule has 64 valence electrons. The fraction of sp³-hybridized carbons (Fsp3) is 0.100. The average Bonchev–Trinajstić information content (AvgIpc) is 2.07. The van der Waals surface area contributed by atoms with E-state index in [1.165, 1.54) is 0 Å². The van der Waals surface area contributed by atoms with Crippen molar-refractivity contribution in [1.82, 2.24) is 0 Å².